The zero-order valence-corrected chi connectivity index (χ0v) is 12.6. The summed E-state index contributed by atoms with van der Waals surface area (Å²) in [6.45, 7) is 3.79. The molecule has 3 heterocycles. The van der Waals surface area contributed by atoms with Crippen LogP contribution in [0.25, 0.3) is 0 Å². The smallest absolute Gasteiger partial charge is 0.290 e. The number of β-amino-alcohol motifs (C(OH)–C–C–N with tert-alkyl or cyclic N) is 1. The molecule has 4 rings (SSSR count). The Hall–Kier alpha value is -1.50. The summed E-state index contributed by atoms with van der Waals surface area (Å²) in [5.74, 6) is -1.86. The SMILES string of the molecule is CC1CCN1c1nc(N2CC(O)C2)c2c(n1)C(F)(F)CCC2. The van der Waals surface area contributed by atoms with Crippen LogP contribution in [0.3, 0.4) is 0 Å². The molecule has 1 N–H and O–H groups in total. The number of aromatic nitrogens is 2. The van der Waals surface area contributed by atoms with Gasteiger partial charge in [0, 0.05) is 37.7 Å². The number of aliphatic hydroxyl groups is 1. The van der Waals surface area contributed by atoms with Gasteiger partial charge in [-0.1, -0.05) is 0 Å². The first-order valence-electron chi connectivity index (χ1n) is 7.94. The van der Waals surface area contributed by atoms with Gasteiger partial charge in [-0.25, -0.2) is 4.98 Å². The van der Waals surface area contributed by atoms with E-state index < -0.39 is 5.92 Å². The molecular weight excluding hydrogens is 290 g/mol. The molecule has 2 saturated heterocycles. The molecule has 120 valence electrons. The summed E-state index contributed by atoms with van der Waals surface area (Å²) in [4.78, 5) is 12.7. The maximum atomic E-state index is 14.3. The number of halogens is 2. The van der Waals surface area contributed by atoms with Crippen LogP contribution >= 0.6 is 0 Å². The van der Waals surface area contributed by atoms with Gasteiger partial charge in [-0.3, -0.25) is 0 Å². The van der Waals surface area contributed by atoms with Gasteiger partial charge in [0.2, 0.25) is 5.95 Å². The van der Waals surface area contributed by atoms with Crippen LogP contribution in [0.5, 0.6) is 0 Å². The lowest BCUT2D eigenvalue weighted by Gasteiger charge is -2.42. The highest BCUT2D eigenvalue weighted by Crippen LogP contribution is 2.43. The average molecular weight is 310 g/mol. The number of aliphatic hydroxyl groups excluding tert-OH is 1. The molecule has 2 fully saturated rings. The van der Waals surface area contributed by atoms with Crippen molar-refractivity contribution in [2.45, 2.75) is 50.7 Å². The van der Waals surface area contributed by atoms with E-state index in [9.17, 15) is 13.9 Å². The number of fused-ring (bicyclic) bond motifs is 1. The van der Waals surface area contributed by atoms with Crippen molar-refractivity contribution in [3.05, 3.63) is 11.3 Å². The molecule has 5 nitrogen and oxygen atoms in total. The number of rotatable bonds is 2. The summed E-state index contributed by atoms with van der Waals surface area (Å²) in [7, 11) is 0. The monoisotopic (exact) mass is 310 g/mol. The fraction of sp³-hybridized carbons (Fsp3) is 0.733. The zero-order chi connectivity index (χ0) is 15.5. The van der Waals surface area contributed by atoms with Crippen molar-refractivity contribution < 1.29 is 13.9 Å². The summed E-state index contributed by atoms with van der Waals surface area (Å²) >= 11 is 0. The van der Waals surface area contributed by atoms with Crippen LogP contribution in [0.15, 0.2) is 0 Å². The number of alkyl halides is 2. The summed E-state index contributed by atoms with van der Waals surface area (Å²) in [6, 6.07) is 0.296. The first-order valence-corrected chi connectivity index (χ1v) is 7.94. The van der Waals surface area contributed by atoms with Gasteiger partial charge in [-0.15, -0.1) is 0 Å². The van der Waals surface area contributed by atoms with Gasteiger partial charge in [0.15, 0.2) is 0 Å². The molecule has 0 radical (unpaired) electrons. The molecule has 0 saturated carbocycles. The van der Waals surface area contributed by atoms with Gasteiger partial charge in [-0.05, 0) is 26.2 Å². The van der Waals surface area contributed by atoms with E-state index in [4.69, 9.17) is 0 Å². The van der Waals surface area contributed by atoms with Crippen molar-refractivity contribution in [3.63, 3.8) is 0 Å². The van der Waals surface area contributed by atoms with E-state index in [2.05, 4.69) is 16.9 Å². The van der Waals surface area contributed by atoms with E-state index >= 15 is 0 Å². The summed E-state index contributed by atoms with van der Waals surface area (Å²) in [6.07, 6.45) is 1.54. The Balaban J connectivity index is 1.80. The molecular formula is C15H20F2N4O. The molecule has 1 aliphatic carbocycles. The van der Waals surface area contributed by atoms with Crippen LogP contribution < -0.4 is 9.80 Å². The highest BCUT2D eigenvalue weighted by atomic mass is 19.3. The van der Waals surface area contributed by atoms with Crippen LogP contribution in [0.1, 0.15) is 37.4 Å². The predicted molar refractivity (Wildman–Crippen MR) is 78.5 cm³/mol. The third-order valence-electron chi connectivity index (χ3n) is 4.98. The molecule has 22 heavy (non-hydrogen) atoms. The lowest BCUT2D eigenvalue weighted by molar-refractivity contribution is -0.0263. The number of nitrogens with zero attached hydrogens (tertiary/aromatic N) is 4. The Bertz CT molecular complexity index is 603. The standard InChI is InChI=1S/C15H20F2N4O/c1-9-4-6-21(9)14-18-12-11(3-2-5-15(12,16)17)13(19-14)20-7-10(22)8-20/h9-10,22H,2-8H2,1H3. The van der Waals surface area contributed by atoms with Crippen molar-refractivity contribution in [1.82, 2.24) is 9.97 Å². The van der Waals surface area contributed by atoms with Gasteiger partial charge in [0.25, 0.3) is 5.92 Å². The maximum Gasteiger partial charge on any atom is 0.290 e. The second kappa shape index (κ2) is 4.75. The topological polar surface area (TPSA) is 52.5 Å². The molecule has 0 spiro atoms. The lowest BCUT2D eigenvalue weighted by atomic mass is 9.92. The molecule has 2 aliphatic heterocycles. The fourth-order valence-electron chi connectivity index (χ4n) is 3.43. The highest BCUT2D eigenvalue weighted by Gasteiger charge is 2.43. The molecule has 1 atom stereocenters. The maximum absolute atomic E-state index is 14.3. The molecule has 0 bridgehead atoms. The molecule has 7 heteroatoms. The van der Waals surface area contributed by atoms with E-state index in [0.717, 1.165) is 13.0 Å². The molecule has 3 aliphatic rings. The average Bonchev–Trinajstić information content (AvgIpc) is 2.42. The second-order valence-corrected chi connectivity index (χ2v) is 6.62. The zero-order valence-electron chi connectivity index (χ0n) is 12.6. The Morgan fingerprint density at radius 3 is 2.64 bits per heavy atom. The van der Waals surface area contributed by atoms with Gasteiger partial charge >= 0.3 is 0 Å². The van der Waals surface area contributed by atoms with E-state index in [0.29, 0.717) is 49.3 Å². The molecule has 1 aromatic heterocycles. The Morgan fingerprint density at radius 2 is 2.05 bits per heavy atom. The lowest BCUT2D eigenvalue weighted by Crippen LogP contribution is -2.52. The van der Waals surface area contributed by atoms with Crippen molar-refractivity contribution in [2.24, 2.45) is 0 Å². The van der Waals surface area contributed by atoms with Gasteiger partial charge in [0.1, 0.15) is 11.5 Å². The van der Waals surface area contributed by atoms with E-state index in [1.165, 1.54) is 0 Å². The number of anilines is 2. The fourth-order valence-corrected chi connectivity index (χ4v) is 3.43. The minimum atomic E-state index is -2.88. The van der Waals surface area contributed by atoms with E-state index in [1.54, 1.807) is 0 Å². The minimum Gasteiger partial charge on any atom is -0.389 e. The molecule has 1 aromatic rings. The Morgan fingerprint density at radius 1 is 1.27 bits per heavy atom. The van der Waals surface area contributed by atoms with Crippen LogP contribution in [0.2, 0.25) is 0 Å². The van der Waals surface area contributed by atoms with Crippen molar-refractivity contribution in [2.75, 3.05) is 29.4 Å². The third kappa shape index (κ3) is 2.06. The second-order valence-electron chi connectivity index (χ2n) is 6.62. The van der Waals surface area contributed by atoms with E-state index in [-0.39, 0.29) is 18.2 Å². The summed E-state index contributed by atoms with van der Waals surface area (Å²) in [5, 5.41) is 9.52. The van der Waals surface area contributed by atoms with Crippen LogP contribution in [0.4, 0.5) is 20.5 Å². The van der Waals surface area contributed by atoms with E-state index in [1.807, 2.05) is 9.80 Å². The van der Waals surface area contributed by atoms with Crippen molar-refractivity contribution >= 4 is 11.8 Å². The summed E-state index contributed by atoms with van der Waals surface area (Å²) in [5.41, 5.74) is 0.472. The summed E-state index contributed by atoms with van der Waals surface area (Å²) < 4.78 is 28.7. The molecule has 0 aromatic carbocycles. The predicted octanol–water partition coefficient (Wildman–Crippen LogP) is 1.68. The third-order valence-corrected chi connectivity index (χ3v) is 4.98. The molecule has 1 unspecified atom stereocenters. The minimum absolute atomic E-state index is 0.0979. The number of hydrogen-bond donors (Lipinski definition) is 1. The Kier molecular flexibility index (Phi) is 3.04. The van der Waals surface area contributed by atoms with Crippen molar-refractivity contribution in [3.8, 4) is 0 Å². The van der Waals surface area contributed by atoms with Gasteiger partial charge < -0.3 is 14.9 Å². The van der Waals surface area contributed by atoms with Gasteiger partial charge in [-0.2, -0.15) is 13.8 Å². The first kappa shape index (κ1) is 14.1. The highest BCUT2D eigenvalue weighted by molar-refractivity contribution is 5.57. The Labute approximate surface area is 128 Å². The van der Waals surface area contributed by atoms with Crippen molar-refractivity contribution in [1.29, 1.82) is 0 Å². The molecule has 0 amide bonds. The van der Waals surface area contributed by atoms with Crippen LogP contribution in [-0.2, 0) is 12.3 Å². The van der Waals surface area contributed by atoms with Crippen LogP contribution in [-0.4, -0.2) is 46.9 Å². The number of hydrogen-bond acceptors (Lipinski definition) is 5. The first-order chi connectivity index (χ1) is 10.5. The quantitative estimate of drug-likeness (QED) is 0.901. The van der Waals surface area contributed by atoms with Gasteiger partial charge in [0.05, 0.1) is 6.10 Å². The normalized spacial score (nSPS) is 27.2. The van der Waals surface area contributed by atoms with Crippen LogP contribution in [0, 0.1) is 0 Å². The largest absolute Gasteiger partial charge is 0.389 e.